The molecule has 0 aliphatic carbocycles. The fraction of sp³-hybridized carbons (Fsp3) is 0.405. The number of fused-ring (bicyclic) bond motifs is 2. The lowest BCUT2D eigenvalue weighted by atomic mass is 9.96. The van der Waals surface area contributed by atoms with Gasteiger partial charge in [0.2, 0.25) is 0 Å². The molecule has 57 heavy (non-hydrogen) atoms. The number of piperidine rings is 3. The molecule has 3 aromatic heterocycles. The maximum atomic E-state index is 13.6. The predicted octanol–water partition coefficient (Wildman–Crippen LogP) is 4.01. The molecular weight excluding hydrogens is 723 g/mol. The topological polar surface area (TPSA) is 162 Å². The molecule has 0 spiro atoms. The number of aromatic nitrogens is 5. The summed E-state index contributed by atoms with van der Waals surface area (Å²) in [5, 5.41) is 23.0. The van der Waals surface area contributed by atoms with Crippen LogP contribution < -0.4 is 25.8 Å². The van der Waals surface area contributed by atoms with Crippen molar-refractivity contribution in [2.75, 3.05) is 60.9 Å². The SMILES string of the molecule is O=C=C1CC[C@H](NC(=O)c2ccc(N3CC(CN4CCC(n5cc6cc(NC(=O)c7cccn8cnnc78)c(N7CCCCC7)cc6n5)CC4)C3)cc2)C(=C=O)N1. The number of rotatable bonds is 9. The molecule has 2 aromatic carbocycles. The summed E-state index contributed by atoms with van der Waals surface area (Å²) in [6, 6.07) is 15.2. The molecule has 4 aliphatic heterocycles. The minimum absolute atomic E-state index is 0.147. The molecule has 292 valence electrons. The number of carbonyl (C=O) groups is 2. The quantitative estimate of drug-likeness (QED) is 0.186. The smallest absolute Gasteiger partial charge is 0.259 e. The Balaban J connectivity index is 0.790. The second-order valence-electron chi connectivity index (χ2n) is 15.7. The second-order valence-corrected chi connectivity index (χ2v) is 15.7. The van der Waals surface area contributed by atoms with Gasteiger partial charge in [-0.3, -0.25) is 18.7 Å². The summed E-state index contributed by atoms with van der Waals surface area (Å²) in [6.07, 6.45) is 11.9. The molecule has 7 heterocycles. The molecule has 15 nitrogen and oxygen atoms in total. The molecule has 0 saturated carbocycles. The highest BCUT2D eigenvalue weighted by atomic mass is 16.2. The number of nitrogens with one attached hydrogen (secondary N) is 3. The zero-order valence-electron chi connectivity index (χ0n) is 31.7. The third-order valence-corrected chi connectivity index (χ3v) is 11.9. The van der Waals surface area contributed by atoms with E-state index >= 15 is 0 Å². The van der Waals surface area contributed by atoms with E-state index in [4.69, 9.17) is 5.10 Å². The zero-order chi connectivity index (χ0) is 38.9. The van der Waals surface area contributed by atoms with Crippen LogP contribution in [0.3, 0.4) is 0 Å². The Morgan fingerprint density at radius 1 is 0.895 bits per heavy atom. The Kier molecular flexibility index (Phi) is 10.0. The number of carbonyl (C=O) groups excluding carboxylic acids is 4. The van der Waals surface area contributed by atoms with E-state index < -0.39 is 6.04 Å². The number of nitrogens with zero attached hydrogens (tertiary/aromatic N) is 8. The van der Waals surface area contributed by atoms with Crippen LogP contribution in [0.2, 0.25) is 0 Å². The molecule has 1 atom stereocenters. The summed E-state index contributed by atoms with van der Waals surface area (Å²) in [5.74, 6) is 3.67. The standard InChI is InChI=1S/C42H45N11O4/c54-25-31-8-11-35(38(26-55)44-31)45-41(56)29-6-9-32(10-7-29)52-22-28(23-52)21-49-17-12-33(13-18-49)53-24-30-19-37(39(20-36(30)48-53)50-14-2-1-3-15-50)46-42(57)34-5-4-16-51-27-43-47-40(34)51/h4-7,9-10,16,19-20,24,27-28,33,35,44H,1-3,8,11-15,17-18,21-23H2,(H,45,56)(H,46,57)/t35-/m0/s1. The number of likely N-dealkylation sites (tertiary alicyclic amines) is 1. The highest BCUT2D eigenvalue weighted by molar-refractivity contribution is 6.10. The molecule has 0 unspecified atom stereocenters. The second kappa shape index (κ2) is 15.7. The lowest BCUT2D eigenvalue weighted by Crippen LogP contribution is -2.52. The molecule has 5 aromatic rings. The predicted molar refractivity (Wildman–Crippen MR) is 216 cm³/mol. The van der Waals surface area contributed by atoms with Gasteiger partial charge in [-0.2, -0.15) is 5.10 Å². The Bertz CT molecular complexity index is 2410. The van der Waals surface area contributed by atoms with Gasteiger partial charge in [-0.1, -0.05) is 0 Å². The molecule has 3 N–H and O–H groups in total. The van der Waals surface area contributed by atoms with E-state index in [-0.39, 0.29) is 17.5 Å². The van der Waals surface area contributed by atoms with E-state index in [0.717, 1.165) is 99.5 Å². The molecule has 2 amide bonds. The zero-order valence-corrected chi connectivity index (χ0v) is 31.7. The molecule has 9 rings (SSSR count). The Hall–Kier alpha value is -6.27. The summed E-state index contributed by atoms with van der Waals surface area (Å²) in [4.78, 5) is 56.1. The monoisotopic (exact) mass is 767 g/mol. The van der Waals surface area contributed by atoms with Crippen LogP contribution in [0.25, 0.3) is 16.6 Å². The van der Waals surface area contributed by atoms with Crippen molar-refractivity contribution in [1.29, 1.82) is 0 Å². The van der Waals surface area contributed by atoms with E-state index in [0.29, 0.717) is 47.3 Å². The van der Waals surface area contributed by atoms with Crippen LogP contribution in [0.15, 0.2) is 78.6 Å². The van der Waals surface area contributed by atoms with Crippen molar-refractivity contribution >= 4 is 57.3 Å². The summed E-state index contributed by atoms with van der Waals surface area (Å²) in [5.41, 5.74) is 5.78. The molecule has 4 saturated heterocycles. The molecule has 0 radical (unpaired) electrons. The molecule has 0 bridgehead atoms. The average molecular weight is 768 g/mol. The van der Waals surface area contributed by atoms with Gasteiger partial charge in [-0.15, -0.1) is 10.2 Å². The van der Waals surface area contributed by atoms with Gasteiger partial charge in [0.1, 0.15) is 29.6 Å². The van der Waals surface area contributed by atoms with Crippen LogP contribution in [-0.4, -0.2) is 105 Å². The normalized spacial score (nSPS) is 19.5. The molecule has 4 fully saturated rings. The van der Waals surface area contributed by atoms with Gasteiger partial charge in [0.25, 0.3) is 11.8 Å². The van der Waals surface area contributed by atoms with Crippen molar-refractivity contribution in [3.63, 3.8) is 0 Å². The first-order valence-corrected chi connectivity index (χ1v) is 19.9. The third-order valence-electron chi connectivity index (χ3n) is 11.9. The van der Waals surface area contributed by atoms with Gasteiger partial charge >= 0.3 is 0 Å². The Morgan fingerprint density at radius 3 is 2.47 bits per heavy atom. The van der Waals surface area contributed by atoms with Crippen LogP contribution in [0.5, 0.6) is 0 Å². The minimum Gasteiger partial charge on any atom is -0.371 e. The van der Waals surface area contributed by atoms with Crippen LogP contribution >= 0.6 is 0 Å². The van der Waals surface area contributed by atoms with Gasteiger partial charge in [-0.05, 0) is 87.1 Å². The maximum absolute atomic E-state index is 13.6. The summed E-state index contributed by atoms with van der Waals surface area (Å²) in [7, 11) is 0. The first-order chi connectivity index (χ1) is 27.9. The van der Waals surface area contributed by atoms with Crippen LogP contribution in [-0.2, 0) is 9.59 Å². The maximum Gasteiger partial charge on any atom is 0.259 e. The van der Waals surface area contributed by atoms with Crippen molar-refractivity contribution in [2.24, 2.45) is 5.92 Å². The first kappa shape index (κ1) is 36.4. The lowest BCUT2D eigenvalue weighted by Gasteiger charge is -2.44. The summed E-state index contributed by atoms with van der Waals surface area (Å²) in [6.45, 7) is 6.91. The number of amides is 2. The fourth-order valence-corrected chi connectivity index (χ4v) is 8.74. The fourth-order valence-electron chi connectivity index (χ4n) is 8.74. The summed E-state index contributed by atoms with van der Waals surface area (Å²) >= 11 is 0. The highest BCUT2D eigenvalue weighted by Crippen LogP contribution is 2.35. The number of pyridine rings is 1. The number of hydrogen-bond donors (Lipinski definition) is 3. The van der Waals surface area contributed by atoms with Crippen molar-refractivity contribution in [3.8, 4) is 0 Å². The van der Waals surface area contributed by atoms with Crippen molar-refractivity contribution < 1.29 is 19.2 Å². The average Bonchev–Trinajstić information content (AvgIpc) is 3.90. The largest absolute Gasteiger partial charge is 0.371 e. The Labute approximate surface area is 329 Å². The van der Waals surface area contributed by atoms with Crippen molar-refractivity contribution in [2.45, 2.75) is 57.0 Å². The van der Waals surface area contributed by atoms with Crippen LogP contribution in [0.1, 0.15) is 71.7 Å². The minimum atomic E-state index is -0.520. The van der Waals surface area contributed by atoms with Gasteiger partial charge in [0, 0.05) is 87.2 Å². The summed E-state index contributed by atoms with van der Waals surface area (Å²) < 4.78 is 3.89. The number of hydrogen-bond acceptors (Lipinski definition) is 11. The van der Waals surface area contributed by atoms with Crippen LogP contribution in [0.4, 0.5) is 17.1 Å². The third kappa shape index (κ3) is 7.52. The van der Waals surface area contributed by atoms with Gasteiger partial charge in [0.05, 0.1) is 34.5 Å². The van der Waals surface area contributed by atoms with E-state index in [1.807, 2.05) is 36.5 Å². The highest BCUT2D eigenvalue weighted by Gasteiger charge is 2.31. The lowest BCUT2D eigenvalue weighted by molar-refractivity contribution is 0.0938. The first-order valence-electron chi connectivity index (χ1n) is 19.9. The number of benzene rings is 2. The molecule has 15 heteroatoms. The van der Waals surface area contributed by atoms with Gasteiger partial charge in [-0.25, -0.2) is 9.59 Å². The number of allylic oxidation sites excluding steroid dienone is 1. The van der Waals surface area contributed by atoms with Gasteiger partial charge < -0.3 is 30.7 Å². The van der Waals surface area contributed by atoms with E-state index in [9.17, 15) is 19.2 Å². The van der Waals surface area contributed by atoms with E-state index in [1.165, 1.54) is 6.42 Å². The molecule has 4 aliphatic rings. The van der Waals surface area contributed by atoms with Crippen LogP contribution in [0, 0.1) is 5.92 Å². The van der Waals surface area contributed by atoms with E-state index in [2.05, 4.69) is 63.9 Å². The van der Waals surface area contributed by atoms with Gasteiger partial charge in [0.15, 0.2) is 5.65 Å². The molecular formula is C42H45N11O4. The van der Waals surface area contributed by atoms with Crippen molar-refractivity contribution in [3.05, 3.63) is 89.8 Å². The van der Waals surface area contributed by atoms with Crippen molar-refractivity contribution in [1.82, 2.24) is 39.9 Å². The Morgan fingerprint density at radius 2 is 1.70 bits per heavy atom. The van der Waals surface area contributed by atoms with E-state index in [1.54, 1.807) is 28.7 Å². The number of anilines is 3.